The van der Waals surface area contributed by atoms with Gasteiger partial charge < -0.3 is 20.1 Å². The van der Waals surface area contributed by atoms with E-state index in [1.807, 2.05) is 24.3 Å². The van der Waals surface area contributed by atoms with Gasteiger partial charge in [-0.15, -0.1) is 0 Å². The molecule has 1 aromatic heterocycles. The normalized spacial score (nSPS) is 21.1. The van der Waals surface area contributed by atoms with Crippen molar-refractivity contribution < 1.29 is 18.7 Å². The van der Waals surface area contributed by atoms with Crippen LogP contribution in [0.2, 0.25) is 0 Å². The number of aromatic nitrogens is 1. The minimum atomic E-state index is -1.08. The standard InChI is InChI=1S/C24H19FN4O3/c25-19-11-16(29-8-2-4-21(29)30)10-18-22(19)32-20-6-5-14(15-3-1-7-27-12-15)9-17(20)24(18)13-31-23(26)28-24/h1,3,5-7,9-12H,2,4,8,13H2,(H2,26,28). The number of carbonyl (C=O) groups is 1. The average Bonchev–Trinajstić information content (AvgIpc) is 3.41. The predicted molar refractivity (Wildman–Crippen MR) is 116 cm³/mol. The van der Waals surface area contributed by atoms with E-state index in [0.29, 0.717) is 30.0 Å². The molecule has 3 aromatic rings. The number of carbonyl (C=O) groups excluding carboxylic acids is 1. The molecule has 0 aliphatic carbocycles. The van der Waals surface area contributed by atoms with Gasteiger partial charge in [0.1, 0.15) is 12.4 Å². The number of hydrogen-bond acceptors (Lipinski definition) is 6. The summed E-state index contributed by atoms with van der Waals surface area (Å²) in [5.74, 6) is -0.0283. The van der Waals surface area contributed by atoms with Crippen LogP contribution in [0.5, 0.6) is 11.5 Å². The molecule has 1 unspecified atom stereocenters. The molecule has 0 saturated carbocycles. The van der Waals surface area contributed by atoms with Gasteiger partial charge in [0.25, 0.3) is 6.02 Å². The van der Waals surface area contributed by atoms with Crippen LogP contribution in [0, 0.1) is 5.82 Å². The third-order valence-corrected chi connectivity index (χ3v) is 6.22. The van der Waals surface area contributed by atoms with Crippen LogP contribution in [0.4, 0.5) is 10.1 Å². The second-order valence-corrected chi connectivity index (χ2v) is 8.11. The second kappa shape index (κ2) is 6.78. The lowest BCUT2D eigenvalue weighted by Crippen LogP contribution is -2.32. The molecule has 0 radical (unpaired) electrons. The summed E-state index contributed by atoms with van der Waals surface area (Å²) >= 11 is 0. The molecule has 7 nitrogen and oxygen atoms in total. The topological polar surface area (TPSA) is 90.0 Å². The number of ether oxygens (including phenoxy) is 2. The number of amidine groups is 1. The number of benzene rings is 2. The monoisotopic (exact) mass is 430 g/mol. The van der Waals surface area contributed by atoms with Crippen molar-refractivity contribution in [1.29, 1.82) is 0 Å². The largest absolute Gasteiger partial charge is 0.462 e. The Kier molecular flexibility index (Phi) is 3.98. The van der Waals surface area contributed by atoms with E-state index in [1.165, 1.54) is 6.07 Å². The van der Waals surface area contributed by atoms with Gasteiger partial charge in [-0.2, -0.15) is 0 Å². The Labute approximate surface area is 183 Å². The molecule has 6 rings (SSSR count). The molecular formula is C24H19FN4O3. The number of nitrogens with two attached hydrogens (primary N) is 1. The average molecular weight is 430 g/mol. The summed E-state index contributed by atoms with van der Waals surface area (Å²) in [6, 6.07) is 12.6. The van der Waals surface area contributed by atoms with Gasteiger partial charge in [-0.1, -0.05) is 12.1 Å². The molecule has 1 saturated heterocycles. The number of fused-ring (bicyclic) bond motifs is 4. The maximum absolute atomic E-state index is 15.3. The fraction of sp³-hybridized carbons (Fsp3) is 0.208. The molecule has 1 atom stereocenters. The molecule has 1 spiro atoms. The van der Waals surface area contributed by atoms with Crippen LogP contribution in [-0.2, 0) is 15.1 Å². The second-order valence-electron chi connectivity index (χ2n) is 8.11. The number of rotatable bonds is 2. The smallest absolute Gasteiger partial charge is 0.283 e. The lowest BCUT2D eigenvalue weighted by molar-refractivity contribution is -0.117. The van der Waals surface area contributed by atoms with Crippen LogP contribution in [0.25, 0.3) is 11.1 Å². The highest BCUT2D eigenvalue weighted by molar-refractivity contribution is 5.95. The van der Waals surface area contributed by atoms with Gasteiger partial charge in [0.05, 0.1) is 0 Å². The van der Waals surface area contributed by atoms with Crippen LogP contribution in [-0.4, -0.2) is 30.1 Å². The van der Waals surface area contributed by atoms with E-state index in [-0.39, 0.29) is 24.3 Å². The summed E-state index contributed by atoms with van der Waals surface area (Å²) in [5, 5.41) is 0. The Bertz CT molecular complexity index is 1290. The number of amides is 1. The van der Waals surface area contributed by atoms with Crippen molar-refractivity contribution in [3.63, 3.8) is 0 Å². The van der Waals surface area contributed by atoms with Crippen molar-refractivity contribution in [2.75, 3.05) is 18.1 Å². The van der Waals surface area contributed by atoms with Crippen molar-refractivity contribution in [2.45, 2.75) is 18.4 Å². The first kappa shape index (κ1) is 18.8. The molecule has 1 amide bonds. The maximum atomic E-state index is 15.3. The molecule has 2 N–H and O–H groups in total. The highest BCUT2D eigenvalue weighted by atomic mass is 19.1. The molecule has 3 aliphatic heterocycles. The van der Waals surface area contributed by atoms with E-state index >= 15 is 4.39 Å². The number of anilines is 1. The van der Waals surface area contributed by atoms with Gasteiger partial charge in [0.2, 0.25) is 5.91 Å². The van der Waals surface area contributed by atoms with Crippen molar-refractivity contribution in [2.24, 2.45) is 10.7 Å². The summed E-state index contributed by atoms with van der Waals surface area (Å²) in [4.78, 5) is 22.7. The van der Waals surface area contributed by atoms with Crippen molar-refractivity contribution in [3.8, 4) is 22.6 Å². The zero-order valence-corrected chi connectivity index (χ0v) is 17.0. The summed E-state index contributed by atoms with van der Waals surface area (Å²) in [6.07, 6.45) is 4.67. The van der Waals surface area contributed by atoms with E-state index in [9.17, 15) is 4.79 Å². The number of nitrogens with zero attached hydrogens (tertiary/aromatic N) is 3. The maximum Gasteiger partial charge on any atom is 0.283 e. The molecule has 32 heavy (non-hydrogen) atoms. The number of halogens is 1. The van der Waals surface area contributed by atoms with Gasteiger partial charge in [0.15, 0.2) is 17.1 Å². The molecular weight excluding hydrogens is 411 g/mol. The Balaban J connectivity index is 1.57. The van der Waals surface area contributed by atoms with Crippen LogP contribution in [0.3, 0.4) is 0 Å². The molecule has 3 aliphatic rings. The van der Waals surface area contributed by atoms with Gasteiger partial charge in [-0.05, 0) is 36.2 Å². The highest BCUT2D eigenvalue weighted by Crippen LogP contribution is 2.53. The van der Waals surface area contributed by atoms with Crippen LogP contribution in [0.15, 0.2) is 59.9 Å². The van der Waals surface area contributed by atoms with E-state index in [1.54, 1.807) is 29.4 Å². The Morgan fingerprint density at radius 1 is 1.12 bits per heavy atom. The van der Waals surface area contributed by atoms with Crippen LogP contribution in [0.1, 0.15) is 24.0 Å². The van der Waals surface area contributed by atoms with Gasteiger partial charge in [-0.25, -0.2) is 9.38 Å². The van der Waals surface area contributed by atoms with Crippen molar-refractivity contribution in [3.05, 3.63) is 71.8 Å². The molecule has 2 aromatic carbocycles. The fourth-order valence-corrected chi connectivity index (χ4v) is 4.68. The SMILES string of the molecule is NC1=NC2(CO1)c1cc(-c3cccnc3)ccc1Oc1c(F)cc(N3CCCC3=O)cc12. The first-order chi connectivity index (χ1) is 15.5. The lowest BCUT2D eigenvalue weighted by Gasteiger charge is -2.34. The van der Waals surface area contributed by atoms with E-state index < -0.39 is 11.4 Å². The molecule has 8 heteroatoms. The zero-order chi connectivity index (χ0) is 21.9. The van der Waals surface area contributed by atoms with Crippen molar-refractivity contribution >= 4 is 17.6 Å². The molecule has 0 bridgehead atoms. The van der Waals surface area contributed by atoms with Crippen molar-refractivity contribution in [1.82, 2.24) is 4.98 Å². The third-order valence-electron chi connectivity index (χ3n) is 6.22. The quantitative estimate of drug-likeness (QED) is 0.670. The third kappa shape index (κ3) is 2.69. The highest BCUT2D eigenvalue weighted by Gasteiger charge is 2.48. The zero-order valence-electron chi connectivity index (χ0n) is 17.0. The number of hydrogen-bond donors (Lipinski definition) is 1. The van der Waals surface area contributed by atoms with Crippen LogP contribution >= 0.6 is 0 Å². The van der Waals surface area contributed by atoms with E-state index in [2.05, 4.69) is 9.98 Å². The van der Waals surface area contributed by atoms with Gasteiger partial charge in [0, 0.05) is 53.8 Å². The Morgan fingerprint density at radius 2 is 2.03 bits per heavy atom. The van der Waals surface area contributed by atoms with Gasteiger partial charge >= 0.3 is 0 Å². The summed E-state index contributed by atoms with van der Waals surface area (Å²) in [6.45, 7) is 0.657. The number of pyridine rings is 1. The Hall–Kier alpha value is -3.94. The summed E-state index contributed by atoms with van der Waals surface area (Å²) in [5.41, 5.74) is 8.40. The number of aliphatic imine (C=N–C) groups is 1. The first-order valence-corrected chi connectivity index (χ1v) is 10.4. The Morgan fingerprint density at radius 3 is 2.75 bits per heavy atom. The molecule has 1 fully saturated rings. The summed E-state index contributed by atoms with van der Waals surface area (Å²) in [7, 11) is 0. The van der Waals surface area contributed by atoms with Gasteiger partial charge in [-0.3, -0.25) is 9.78 Å². The van der Waals surface area contributed by atoms with E-state index in [0.717, 1.165) is 23.1 Å². The lowest BCUT2D eigenvalue weighted by atomic mass is 9.80. The summed E-state index contributed by atoms with van der Waals surface area (Å²) < 4.78 is 26.9. The molecule has 160 valence electrons. The predicted octanol–water partition coefficient (Wildman–Crippen LogP) is 3.71. The molecule has 4 heterocycles. The van der Waals surface area contributed by atoms with E-state index in [4.69, 9.17) is 15.2 Å². The fourth-order valence-electron chi connectivity index (χ4n) is 4.68. The minimum Gasteiger partial charge on any atom is -0.462 e. The first-order valence-electron chi connectivity index (χ1n) is 10.4. The van der Waals surface area contributed by atoms with Crippen LogP contribution < -0.4 is 15.4 Å². The minimum absolute atomic E-state index is 0.0265.